The molecule has 1 saturated heterocycles. The molecule has 1 aliphatic rings. The van der Waals surface area contributed by atoms with Crippen molar-refractivity contribution in [1.82, 2.24) is 14.5 Å². The van der Waals surface area contributed by atoms with Crippen molar-refractivity contribution in [3.8, 4) is 16.9 Å². The highest BCUT2D eigenvalue weighted by atomic mass is 32.2. The third-order valence-corrected chi connectivity index (χ3v) is 6.00. The number of benzene rings is 2. The number of nitrogens with zero attached hydrogens (tertiary/aromatic N) is 3. The zero-order valence-corrected chi connectivity index (χ0v) is 16.8. The van der Waals surface area contributed by atoms with Crippen LogP contribution in [0.25, 0.3) is 16.9 Å². The molecule has 3 aromatic rings. The van der Waals surface area contributed by atoms with Gasteiger partial charge in [-0.1, -0.05) is 73.1 Å². The van der Waals surface area contributed by atoms with Gasteiger partial charge in [0.1, 0.15) is 0 Å². The molecule has 1 fully saturated rings. The Hall–Kier alpha value is -2.53. The van der Waals surface area contributed by atoms with E-state index in [4.69, 9.17) is 4.98 Å². The van der Waals surface area contributed by atoms with Crippen molar-refractivity contribution in [3.63, 3.8) is 0 Å². The maximum Gasteiger partial charge on any atom is 0.233 e. The van der Waals surface area contributed by atoms with Crippen LogP contribution in [0.3, 0.4) is 0 Å². The first kappa shape index (κ1) is 18.8. The number of rotatable bonds is 5. The normalized spacial score (nSPS) is 14.6. The molecule has 5 heteroatoms. The summed E-state index contributed by atoms with van der Waals surface area (Å²) in [5.41, 5.74) is 3.06. The van der Waals surface area contributed by atoms with Gasteiger partial charge in [0, 0.05) is 30.5 Å². The number of thioether (sulfide) groups is 1. The first-order valence-corrected chi connectivity index (χ1v) is 10.9. The fourth-order valence-corrected chi connectivity index (χ4v) is 4.42. The Morgan fingerprint density at radius 1 is 0.893 bits per heavy atom. The third-order valence-electron chi connectivity index (χ3n) is 5.06. The molecule has 2 aromatic carbocycles. The molecule has 0 aliphatic carbocycles. The quantitative estimate of drug-likeness (QED) is 0.572. The van der Waals surface area contributed by atoms with Crippen molar-refractivity contribution in [1.29, 1.82) is 0 Å². The molecular weight excluding hydrogens is 366 g/mol. The van der Waals surface area contributed by atoms with Crippen molar-refractivity contribution < 1.29 is 4.79 Å². The molecule has 0 radical (unpaired) electrons. The number of carbonyl (C=O) groups excluding carboxylic acids is 1. The van der Waals surface area contributed by atoms with Gasteiger partial charge >= 0.3 is 0 Å². The minimum atomic E-state index is 0.218. The molecule has 0 bridgehead atoms. The van der Waals surface area contributed by atoms with Crippen molar-refractivity contribution in [2.24, 2.45) is 0 Å². The highest BCUT2D eigenvalue weighted by Crippen LogP contribution is 2.27. The van der Waals surface area contributed by atoms with Crippen LogP contribution in [0.15, 0.2) is 72.0 Å². The van der Waals surface area contributed by atoms with Gasteiger partial charge in [0.15, 0.2) is 5.16 Å². The monoisotopic (exact) mass is 391 g/mol. The molecule has 2 heterocycles. The zero-order valence-electron chi connectivity index (χ0n) is 16.0. The summed E-state index contributed by atoms with van der Waals surface area (Å²) < 4.78 is 2.09. The van der Waals surface area contributed by atoms with E-state index < -0.39 is 0 Å². The van der Waals surface area contributed by atoms with E-state index in [1.807, 2.05) is 41.3 Å². The summed E-state index contributed by atoms with van der Waals surface area (Å²) in [5, 5.41) is 0.855. The maximum atomic E-state index is 12.7. The van der Waals surface area contributed by atoms with E-state index in [9.17, 15) is 4.79 Å². The zero-order chi connectivity index (χ0) is 19.2. The largest absolute Gasteiger partial charge is 0.342 e. The Labute approximate surface area is 170 Å². The highest BCUT2D eigenvalue weighted by Gasteiger charge is 2.18. The summed E-state index contributed by atoms with van der Waals surface area (Å²) in [5.74, 6) is 0.647. The average Bonchev–Trinajstić information content (AvgIpc) is 2.99. The lowest BCUT2D eigenvalue weighted by Crippen LogP contribution is -2.33. The molecule has 1 aromatic heterocycles. The minimum absolute atomic E-state index is 0.218. The number of carbonyl (C=O) groups is 1. The van der Waals surface area contributed by atoms with Gasteiger partial charge in [-0.2, -0.15) is 0 Å². The second-order valence-electron chi connectivity index (χ2n) is 7.06. The first-order chi connectivity index (χ1) is 13.8. The van der Waals surface area contributed by atoms with Gasteiger partial charge in [-0.05, 0) is 25.0 Å². The van der Waals surface area contributed by atoms with E-state index in [0.29, 0.717) is 5.75 Å². The second-order valence-corrected chi connectivity index (χ2v) is 8.01. The smallest absolute Gasteiger partial charge is 0.233 e. The fourth-order valence-electron chi connectivity index (χ4n) is 3.52. The molecule has 0 atom stereocenters. The van der Waals surface area contributed by atoms with Crippen molar-refractivity contribution in [2.75, 3.05) is 18.8 Å². The van der Waals surface area contributed by atoms with E-state index >= 15 is 0 Å². The second kappa shape index (κ2) is 9.11. The van der Waals surface area contributed by atoms with E-state index in [2.05, 4.69) is 35.0 Å². The Kier molecular flexibility index (Phi) is 6.12. The number of hydrogen-bond donors (Lipinski definition) is 0. The molecule has 28 heavy (non-hydrogen) atoms. The Balaban J connectivity index is 1.56. The molecule has 0 spiro atoms. The van der Waals surface area contributed by atoms with Crippen LogP contribution in [0.1, 0.15) is 25.7 Å². The van der Waals surface area contributed by atoms with Gasteiger partial charge in [-0.25, -0.2) is 4.98 Å². The van der Waals surface area contributed by atoms with E-state index in [1.54, 1.807) is 0 Å². The van der Waals surface area contributed by atoms with Crippen LogP contribution in [-0.4, -0.2) is 39.2 Å². The van der Waals surface area contributed by atoms with Crippen LogP contribution in [0.2, 0.25) is 0 Å². The highest BCUT2D eigenvalue weighted by molar-refractivity contribution is 7.99. The van der Waals surface area contributed by atoms with Crippen LogP contribution in [0.4, 0.5) is 0 Å². The molecule has 1 aliphatic heterocycles. The lowest BCUT2D eigenvalue weighted by Gasteiger charge is -2.19. The average molecular weight is 392 g/mol. The molecule has 4 nitrogen and oxygen atoms in total. The molecule has 0 saturated carbocycles. The van der Waals surface area contributed by atoms with Crippen molar-refractivity contribution in [3.05, 3.63) is 66.9 Å². The van der Waals surface area contributed by atoms with Crippen LogP contribution in [0.5, 0.6) is 0 Å². The molecule has 144 valence electrons. The summed E-state index contributed by atoms with van der Waals surface area (Å²) in [7, 11) is 0. The van der Waals surface area contributed by atoms with E-state index in [-0.39, 0.29) is 5.91 Å². The standard InChI is InChI=1S/C23H25N3OS/c27-22(25-15-9-1-2-10-16-25)18-28-23-24-21(19-11-5-3-6-12-19)17-26(23)20-13-7-4-8-14-20/h3-8,11-14,17H,1-2,9-10,15-16,18H2. The third kappa shape index (κ3) is 4.47. The summed E-state index contributed by atoms with van der Waals surface area (Å²) in [6.07, 6.45) is 6.76. The van der Waals surface area contributed by atoms with Crippen molar-refractivity contribution >= 4 is 17.7 Å². The van der Waals surface area contributed by atoms with Crippen LogP contribution in [-0.2, 0) is 4.79 Å². The summed E-state index contributed by atoms with van der Waals surface area (Å²) >= 11 is 1.53. The predicted octanol–water partition coefficient (Wildman–Crippen LogP) is 5.03. The lowest BCUT2D eigenvalue weighted by molar-refractivity contribution is -0.128. The maximum absolute atomic E-state index is 12.7. The summed E-state index contributed by atoms with van der Waals surface area (Å²) in [6, 6.07) is 20.4. The van der Waals surface area contributed by atoms with Gasteiger partial charge in [0.2, 0.25) is 5.91 Å². The predicted molar refractivity (Wildman–Crippen MR) is 115 cm³/mol. The topological polar surface area (TPSA) is 38.1 Å². The summed E-state index contributed by atoms with van der Waals surface area (Å²) in [6.45, 7) is 1.78. The number of hydrogen-bond acceptors (Lipinski definition) is 3. The minimum Gasteiger partial charge on any atom is -0.342 e. The van der Waals surface area contributed by atoms with Gasteiger partial charge in [0.05, 0.1) is 11.4 Å². The van der Waals surface area contributed by atoms with E-state index in [0.717, 1.165) is 48.0 Å². The van der Waals surface area contributed by atoms with Gasteiger partial charge in [-0.15, -0.1) is 0 Å². The number of amides is 1. The Bertz CT molecular complexity index is 900. The van der Waals surface area contributed by atoms with Crippen LogP contribution < -0.4 is 0 Å². The SMILES string of the molecule is O=C(CSc1nc(-c2ccccc2)cn1-c1ccccc1)N1CCCCCC1. The van der Waals surface area contributed by atoms with Gasteiger partial charge < -0.3 is 4.90 Å². The number of likely N-dealkylation sites (tertiary alicyclic amines) is 1. The first-order valence-electron chi connectivity index (χ1n) is 9.92. The number of imidazole rings is 1. The van der Waals surface area contributed by atoms with Crippen LogP contribution >= 0.6 is 11.8 Å². The fraction of sp³-hybridized carbons (Fsp3) is 0.304. The lowest BCUT2D eigenvalue weighted by atomic mass is 10.2. The molecule has 4 rings (SSSR count). The molecule has 1 amide bonds. The number of para-hydroxylation sites is 1. The van der Waals surface area contributed by atoms with Gasteiger partial charge in [-0.3, -0.25) is 9.36 Å². The van der Waals surface area contributed by atoms with Gasteiger partial charge in [0.25, 0.3) is 0 Å². The molecule has 0 unspecified atom stereocenters. The van der Waals surface area contributed by atoms with E-state index in [1.165, 1.54) is 24.6 Å². The molecular formula is C23H25N3OS. The Morgan fingerprint density at radius 3 is 2.21 bits per heavy atom. The van der Waals surface area contributed by atoms with Crippen LogP contribution in [0, 0.1) is 0 Å². The number of aromatic nitrogens is 2. The van der Waals surface area contributed by atoms with Crippen molar-refractivity contribution in [2.45, 2.75) is 30.8 Å². The summed E-state index contributed by atoms with van der Waals surface area (Å²) in [4.78, 5) is 19.6. The molecule has 0 N–H and O–H groups in total. The Morgan fingerprint density at radius 2 is 1.54 bits per heavy atom.